The number of amides is 1. The highest BCUT2D eigenvalue weighted by Crippen LogP contribution is 2.19. The smallest absolute Gasteiger partial charge is 0.239 e. The average molecular weight is 228 g/mol. The third kappa shape index (κ3) is 3.19. The number of likely N-dealkylation sites (N-methyl/N-ethyl adjacent to an activating group) is 1. The van der Waals surface area contributed by atoms with Gasteiger partial charge < -0.3 is 10.0 Å². The molecule has 1 heterocycles. The molecule has 1 saturated heterocycles. The summed E-state index contributed by atoms with van der Waals surface area (Å²) in [5.41, 5.74) is 0. The quantitative estimate of drug-likeness (QED) is 0.728. The molecule has 1 N–H and O–H groups in total. The maximum atomic E-state index is 12.2. The Hall–Kier alpha value is -0.610. The molecule has 0 spiro atoms. The van der Waals surface area contributed by atoms with E-state index >= 15 is 0 Å². The van der Waals surface area contributed by atoms with Gasteiger partial charge in [0.15, 0.2) is 0 Å². The van der Waals surface area contributed by atoms with Crippen molar-refractivity contribution in [2.45, 2.75) is 39.2 Å². The summed E-state index contributed by atoms with van der Waals surface area (Å²) in [6.07, 6.45) is 2.84. The third-order valence-corrected chi connectivity index (χ3v) is 3.33. The maximum Gasteiger partial charge on any atom is 0.239 e. The van der Waals surface area contributed by atoms with Crippen LogP contribution in [0.25, 0.3) is 0 Å². The average Bonchev–Trinajstić information content (AvgIpc) is 2.75. The molecule has 4 nitrogen and oxygen atoms in total. The lowest BCUT2D eigenvalue weighted by atomic mass is 10.2. The number of carbonyl (C=O) groups is 1. The topological polar surface area (TPSA) is 43.8 Å². The monoisotopic (exact) mass is 228 g/mol. The van der Waals surface area contributed by atoms with E-state index in [4.69, 9.17) is 5.11 Å². The largest absolute Gasteiger partial charge is 0.396 e. The van der Waals surface area contributed by atoms with E-state index in [1.165, 1.54) is 0 Å². The van der Waals surface area contributed by atoms with Crippen LogP contribution in [0.2, 0.25) is 0 Å². The summed E-state index contributed by atoms with van der Waals surface area (Å²) < 4.78 is 0. The lowest BCUT2D eigenvalue weighted by molar-refractivity contribution is -0.135. The van der Waals surface area contributed by atoms with E-state index in [0.29, 0.717) is 0 Å². The second-order valence-corrected chi connectivity index (χ2v) is 4.28. The van der Waals surface area contributed by atoms with Crippen molar-refractivity contribution in [1.82, 2.24) is 9.80 Å². The van der Waals surface area contributed by atoms with Gasteiger partial charge in [0.25, 0.3) is 0 Å². The van der Waals surface area contributed by atoms with Crippen LogP contribution < -0.4 is 0 Å². The molecule has 1 fully saturated rings. The van der Waals surface area contributed by atoms with Gasteiger partial charge in [-0.1, -0.05) is 0 Å². The van der Waals surface area contributed by atoms with Crippen LogP contribution in [-0.4, -0.2) is 59.6 Å². The number of aliphatic hydroxyl groups excluding tert-OH is 1. The van der Waals surface area contributed by atoms with E-state index < -0.39 is 0 Å². The summed E-state index contributed by atoms with van der Waals surface area (Å²) in [6, 6.07) is 0.0615. The lowest BCUT2D eigenvalue weighted by Gasteiger charge is -2.28. The van der Waals surface area contributed by atoms with E-state index in [2.05, 4.69) is 4.90 Å². The first-order valence-corrected chi connectivity index (χ1v) is 6.38. The molecule has 0 aromatic carbocycles. The van der Waals surface area contributed by atoms with Crippen LogP contribution in [0.15, 0.2) is 0 Å². The Balaban J connectivity index is 2.52. The summed E-state index contributed by atoms with van der Waals surface area (Å²) in [4.78, 5) is 16.3. The molecule has 0 aromatic heterocycles. The Labute approximate surface area is 98.2 Å². The molecule has 0 saturated carbocycles. The van der Waals surface area contributed by atoms with E-state index in [1.807, 2.05) is 18.7 Å². The van der Waals surface area contributed by atoms with Gasteiger partial charge in [0.1, 0.15) is 0 Å². The van der Waals surface area contributed by atoms with Gasteiger partial charge in [-0.25, -0.2) is 0 Å². The Bertz CT molecular complexity index is 217. The van der Waals surface area contributed by atoms with Gasteiger partial charge in [0.05, 0.1) is 6.04 Å². The fraction of sp³-hybridized carbons (Fsp3) is 0.917. The Kier molecular flexibility index (Phi) is 5.77. The molecule has 1 aliphatic rings. The minimum atomic E-state index is 0.0615. The lowest BCUT2D eigenvalue weighted by Crippen LogP contribution is -2.45. The van der Waals surface area contributed by atoms with Gasteiger partial charge in [0, 0.05) is 26.2 Å². The first-order chi connectivity index (χ1) is 7.74. The molecule has 1 amide bonds. The third-order valence-electron chi connectivity index (χ3n) is 3.33. The van der Waals surface area contributed by atoms with Crippen molar-refractivity contribution >= 4 is 5.91 Å². The minimum Gasteiger partial charge on any atom is -0.396 e. The number of rotatable bonds is 6. The molecule has 1 aliphatic heterocycles. The maximum absolute atomic E-state index is 12.2. The summed E-state index contributed by atoms with van der Waals surface area (Å²) in [7, 11) is 0. The van der Waals surface area contributed by atoms with Gasteiger partial charge in [0.2, 0.25) is 5.91 Å². The predicted octanol–water partition coefficient (Wildman–Crippen LogP) is 0.702. The SMILES string of the molecule is CCN(CC)C(=O)C1CCCN1CCCO. The van der Waals surface area contributed by atoms with E-state index in [9.17, 15) is 4.79 Å². The number of likely N-dealkylation sites (tertiary alicyclic amines) is 1. The summed E-state index contributed by atoms with van der Waals surface area (Å²) >= 11 is 0. The second kappa shape index (κ2) is 6.86. The van der Waals surface area contributed by atoms with Crippen molar-refractivity contribution in [2.75, 3.05) is 32.8 Å². The van der Waals surface area contributed by atoms with Crippen molar-refractivity contribution in [3.8, 4) is 0 Å². The molecule has 1 rings (SSSR count). The van der Waals surface area contributed by atoms with Gasteiger partial charge >= 0.3 is 0 Å². The van der Waals surface area contributed by atoms with Crippen LogP contribution in [0.1, 0.15) is 33.1 Å². The Morgan fingerprint density at radius 3 is 2.69 bits per heavy atom. The van der Waals surface area contributed by atoms with Crippen molar-refractivity contribution in [1.29, 1.82) is 0 Å². The van der Waals surface area contributed by atoms with Gasteiger partial charge in [-0.3, -0.25) is 9.69 Å². The fourth-order valence-electron chi connectivity index (χ4n) is 2.39. The predicted molar refractivity (Wildman–Crippen MR) is 64.2 cm³/mol. The molecule has 1 atom stereocenters. The second-order valence-electron chi connectivity index (χ2n) is 4.28. The zero-order valence-corrected chi connectivity index (χ0v) is 10.5. The molecular weight excluding hydrogens is 204 g/mol. The highest BCUT2D eigenvalue weighted by atomic mass is 16.3. The summed E-state index contributed by atoms with van der Waals surface area (Å²) in [6.45, 7) is 7.68. The molecule has 94 valence electrons. The van der Waals surface area contributed by atoms with Crippen molar-refractivity contribution in [3.05, 3.63) is 0 Å². The van der Waals surface area contributed by atoms with Crippen LogP contribution >= 0.6 is 0 Å². The molecule has 16 heavy (non-hydrogen) atoms. The highest BCUT2D eigenvalue weighted by Gasteiger charge is 2.32. The van der Waals surface area contributed by atoms with Gasteiger partial charge in [-0.05, 0) is 39.7 Å². The zero-order valence-electron chi connectivity index (χ0n) is 10.5. The summed E-state index contributed by atoms with van der Waals surface area (Å²) in [5, 5.41) is 8.83. The number of aliphatic hydroxyl groups is 1. The molecular formula is C12H24N2O2. The van der Waals surface area contributed by atoms with Crippen LogP contribution in [0.3, 0.4) is 0 Å². The molecule has 0 bridgehead atoms. The highest BCUT2D eigenvalue weighted by molar-refractivity contribution is 5.82. The normalized spacial score (nSPS) is 21.3. The minimum absolute atomic E-state index is 0.0615. The van der Waals surface area contributed by atoms with Crippen molar-refractivity contribution in [2.24, 2.45) is 0 Å². The van der Waals surface area contributed by atoms with Gasteiger partial charge in [-0.2, -0.15) is 0 Å². The zero-order chi connectivity index (χ0) is 12.0. The molecule has 0 radical (unpaired) electrons. The Morgan fingerprint density at radius 2 is 2.12 bits per heavy atom. The number of nitrogens with zero attached hydrogens (tertiary/aromatic N) is 2. The van der Waals surface area contributed by atoms with E-state index in [-0.39, 0.29) is 18.6 Å². The van der Waals surface area contributed by atoms with Crippen molar-refractivity contribution in [3.63, 3.8) is 0 Å². The van der Waals surface area contributed by atoms with Crippen LogP contribution in [0.5, 0.6) is 0 Å². The standard InChI is InChI=1S/C12H24N2O2/c1-3-13(4-2)12(16)11-7-5-8-14(11)9-6-10-15/h11,15H,3-10H2,1-2H3. The Morgan fingerprint density at radius 1 is 1.44 bits per heavy atom. The number of hydrogen-bond acceptors (Lipinski definition) is 3. The number of carbonyl (C=O) groups excluding carboxylic acids is 1. The fourth-order valence-corrected chi connectivity index (χ4v) is 2.39. The number of hydrogen-bond donors (Lipinski definition) is 1. The van der Waals surface area contributed by atoms with E-state index in [1.54, 1.807) is 0 Å². The summed E-state index contributed by atoms with van der Waals surface area (Å²) in [5.74, 6) is 0.264. The first-order valence-electron chi connectivity index (χ1n) is 6.38. The molecule has 0 aliphatic carbocycles. The van der Waals surface area contributed by atoms with Gasteiger partial charge in [-0.15, -0.1) is 0 Å². The first kappa shape index (κ1) is 13.5. The van der Waals surface area contributed by atoms with Crippen molar-refractivity contribution < 1.29 is 9.90 Å². The molecule has 0 aromatic rings. The van der Waals surface area contributed by atoms with Crippen LogP contribution in [0, 0.1) is 0 Å². The molecule has 4 heteroatoms. The van der Waals surface area contributed by atoms with Crippen LogP contribution in [0.4, 0.5) is 0 Å². The van der Waals surface area contributed by atoms with Crippen LogP contribution in [-0.2, 0) is 4.79 Å². The van der Waals surface area contributed by atoms with E-state index in [0.717, 1.165) is 45.4 Å². The molecule has 1 unspecified atom stereocenters.